The minimum atomic E-state index is -0.346. The van der Waals surface area contributed by atoms with E-state index >= 15 is 0 Å². The minimum absolute atomic E-state index is 0.346. The van der Waals surface area contributed by atoms with E-state index in [2.05, 4.69) is 0 Å². The van der Waals surface area contributed by atoms with Crippen molar-refractivity contribution in [1.82, 2.24) is 0 Å². The molecule has 1 aliphatic rings. The monoisotopic (exact) mass is 333 g/mol. The molecule has 0 bridgehead atoms. The zero-order chi connectivity index (χ0) is 17.6. The van der Waals surface area contributed by atoms with Crippen molar-refractivity contribution in [3.63, 3.8) is 0 Å². The first-order chi connectivity index (χ1) is 12.2. The van der Waals surface area contributed by atoms with Gasteiger partial charge in [0.15, 0.2) is 0 Å². The zero-order valence-electron chi connectivity index (χ0n) is 13.8. The molecule has 0 atom stereocenters. The third-order valence-electron chi connectivity index (χ3n) is 4.42. The third-order valence-corrected chi connectivity index (χ3v) is 4.42. The van der Waals surface area contributed by atoms with E-state index in [4.69, 9.17) is 9.47 Å². The Kier molecular flexibility index (Phi) is 3.42. The van der Waals surface area contributed by atoms with Crippen LogP contribution in [-0.4, -0.2) is 26.0 Å². The molecule has 1 heterocycles. The van der Waals surface area contributed by atoms with Gasteiger partial charge in [-0.2, -0.15) is 0 Å². The van der Waals surface area contributed by atoms with Crippen LogP contribution in [-0.2, 0) is 0 Å². The maximum absolute atomic E-state index is 13.0. The van der Waals surface area contributed by atoms with Crippen LogP contribution >= 0.6 is 0 Å². The van der Waals surface area contributed by atoms with Gasteiger partial charge in [0, 0.05) is 21.9 Å². The molecule has 2 amide bonds. The topological polar surface area (TPSA) is 55.8 Å². The summed E-state index contributed by atoms with van der Waals surface area (Å²) in [4.78, 5) is 27.2. The maximum Gasteiger partial charge on any atom is 0.265 e. The van der Waals surface area contributed by atoms with Crippen molar-refractivity contribution >= 4 is 28.3 Å². The average Bonchev–Trinajstić information content (AvgIpc) is 2.66. The number of nitrogens with zero attached hydrogens (tertiary/aromatic N) is 1. The Morgan fingerprint density at radius 1 is 0.760 bits per heavy atom. The highest BCUT2D eigenvalue weighted by molar-refractivity contribution is 6.36. The van der Waals surface area contributed by atoms with Crippen LogP contribution < -0.4 is 14.4 Å². The lowest BCUT2D eigenvalue weighted by molar-refractivity contribution is 0.0893. The molecule has 0 aliphatic carbocycles. The Balaban J connectivity index is 1.92. The van der Waals surface area contributed by atoms with Crippen LogP contribution in [0.25, 0.3) is 10.8 Å². The zero-order valence-corrected chi connectivity index (χ0v) is 13.8. The lowest BCUT2D eigenvalue weighted by Crippen LogP contribution is -2.40. The van der Waals surface area contributed by atoms with Crippen molar-refractivity contribution < 1.29 is 19.1 Å². The van der Waals surface area contributed by atoms with Crippen LogP contribution in [0, 0.1) is 0 Å². The molecule has 3 aromatic carbocycles. The summed E-state index contributed by atoms with van der Waals surface area (Å²) < 4.78 is 10.5. The molecule has 0 spiro atoms. The number of carbonyl (C=O) groups is 2. The number of hydrogen-bond donors (Lipinski definition) is 0. The molecule has 4 rings (SSSR count). The SMILES string of the molecule is COc1ccc(N2C(=O)c3cccc4c(OC)ccc(c34)C2=O)cc1. The first-order valence-corrected chi connectivity index (χ1v) is 7.78. The summed E-state index contributed by atoms with van der Waals surface area (Å²) in [6.45, 7) is 0. The molecule has 0 radical (unpaired) electrons. The van der Waals surface area contributed by atoms with Gasteiger partial charge in [0.1, 0.15) is 11.5 Å². The summed E-state index contributed by atoms with van der Waals surface area (Å²) in [6.07, 6.45) is 0. The summed E-state index contributed by atoms with van der Waals surface area (Å²) >= 11 is 0. The smallest absolute Gasteiger partial charge is 0.265 e. The number of anilines is 1. The quantitative estimate of drug-likeness (QED) is 0.687. The molecular formula is C20H15NO4. The molecular weight excluding hydrogens is 318 g/mol. The number of methoxy groups -OCH3 is 2. The summed E-state index contributed by atoms with van der Waals surface area (Å²) in [5, 5.41) is 1.40. The first kappa shape index (κ1) is 15.2. The molecule has 0 aromatic heterocycles. The number of ether oxygens (including phenoxy) is 2. The number of benzene rings is 3. The largest absolute Gasteiger partial charge is 0.497 e. The summed E-state index contributed by atoms with van der Waals surface area (Å²) in [5.74, 6) is 0.607. The highest BCUT2D eigenvalue weighted by atomic mass is 16.5. The highest BCUT2D eigenvalue weighted by Crippen LogP contribution is 2.37. The van der Waals surface area contributed by atoms with Crippen molar-refractivity contribution in [3.8, 4) is 11.5 Å². The summed E-state index contributed by atoms with van der Waals surface area (Å²) in [6, 6.07) is 15.7. The van der Waals surface area contributed by atoms with Crippen molar-refractivity contribution in [1.29, 1.82) is 0 Å². The second kappa shape index (κ2) is 5.63. The fourth-order valence-corrected chi connectivity index (χ4v) is 3.21. The predicted molar refractivity (Wildman–Crippen MR) is 94.6 cm³/mol. The second-order valence-electron chi connectivity index (χ2n) is 5.69. The van der Waals surface area contributed by atoms with Crippen molar-refractivity contribution in [3.05, 3.63) is 65.7 Å². The normalized spacial score (nSPS) is 13.3. The van der Waals surface area contributed by atoms with Gasteiger partial charge in [0.25, 0.3) is 11.8 Å². The van der Waals surface area contributed by atoms with Crippen LogP contribution in [0.3, 0.4) is 0 Å². The molecule has 0 fully saturated rings. The van der Waals surface area contributed by atoms with Crippen molar-refractivity contribution in [2.24, 2.45) is 0 Å². The Morgan fingerprint density at radius 3 is 2.08 bits per heavy atom. The Hall–Kier alpha value is -3.34. The van der Waals surface area contributed by atoms with Gasteiger partial charge >= 0.3 is 0 Å². The number of imide groups is 1. The molecule has 3 aromatic rings. The number of hydrogen-bond acceptors (Lipinski definition) is 4. The number of rotatable bonds is 3. The Bertz CT molecular complexity index is 986. The van der Waals surface area contributed by atoms with E-state index in [1.807, 2.05) is 6.07 Å². The summed E-state index contributed by atoms with van der Waals surface area (Å²) in [7, 11) is 3.14. The van der Waals surface area contributed by atoms with Crippen LogP contribution in [0.1, 0.15) is 20.7 Å². The van der Waals surface area contributed by atoms with Gasteiger partial charge in [0.05, 0.1) is 19.9 Å². The molecule has 1 aliphatic heterocycles. The maximum atomic E-state index is 13.0. The van der Waals surface area contributed by atoms with Gasteiger partial charge in [0.2, 0.25) is 0 Å². The third kappa shape index (κ3) is 2.16. The van der Waals surface area contributed by atoms with E-state index in [1.165, 1.54) is 4.90 Å². The van der Waals surface area contributed by atoms with Crippen molar-refractivity contribution in [2.45, 2.75) is 0 Å². The van der Waals surface area contributed by atoms with E-state index in [-0.39, 0.29) is 11.8 Å². The van der Waals surface area contributed by atoms with E-state index in [0.29, 0.717) is 33.7 Å². The minimum Gasteiger partial charge on any atom is -0.497 e. The molecule has 0 saturated heterocycles. The van der Waals surface area contributed by atoms with Crippen LogP contribution in [0.2, 0.25) is 0 Å². The lowest BCUT2D eigenvalue weighted by Gasteiger charge is -2.27. The van der Waals surface area contributed by atoms with Gasteiger partial charge in [-0.3, -0.25) is 9.59 Å². The summed E-state index contributed by atoms with van der Waals surface area (Å²) in [5.41, 5.74) is 1.48. The van der Waals surface area contributed by atoms with Gasteiger partial charge in [-0.05, 0) is 42.5 Å². The van der Waals surface area contributed by atoms with Gasteiger partial charge in [-0.15, -0.1) is 0 Å². The standard InChI is InChI=1S/C20H15NO4/c1-24-13-8-6-12(7-9-13)21-19(22)15-5-3-4-14-17(25-2)11-10-16(18(14)15)20(21)23/h3-11H,1-2H3. The van der Waals surface area contributed by atoms with E-state index in [9.17, 15) is 9.59 Å². The fourth-order valence-electron chi connectivity index (χ4n) is 3.21. The molecule has 0 N–H and O–H groups in total. The predicted octanol–water partition coefficient (Wildman–Crippen LogP) is 3.66. The van der Waals surface area contributed by atoms with Gasteiger partial charge in [-0.25, -0.2) is 4.90 Å². The molecule has 5 nitrogen and oxygen atoms in total. The van der Waals surface area contributed by atoms with Crippen molar-refractivity contribution in [2.75, 3.05) is 19.1 Å². The van der Waals surface area contributed by atoms with Crippen LogP contribution in [0.5, 0.6) is 11.5 Å². The van der Waals surface area contributed by atoms with E-state index in [0.717, 1.165) is 5.39 Å². The first-order valence-electron chi connectivity index (χ1n) is 7.78. The van der Waals surface area contributed by atoms with E-state index < -0.39 is 0 Å². The van der Waals surface area contributed by atoms with E-state index in [1.54, 1.807) is 62.8 Å². The average molecular weight is 333 g/mol. The highest BCUT2D eigenvalue weighted by Gasteiger charge is 2.34. The fraction of sp³-hybridized carbons (Fsp3) is 0.100. The Morgan fingerprint density at radius 2 is 1.44 bits per heavy atom. The lowest BCUT2D eigenvalue weighted by atomic mass is 9.93. The second-order valence-corrected chi connectivity index (χ2v) is 5.69. The molecule has 5 heteroatoms. The molecule has 25 heavy (non-hydrogen) atoms. The van der Waals surface area contributed by atoms with Crippen LogP contribution in [0.15, 0.2) is 54.6 Å². The van der Waals surface area contributed by atoms with Gasteiger partial charge in [-0.1, -0.05) is 12.1 Å². The molecule has 124 valence electrons. The number of carbonyl (C=O) groups excluding carboxylic acids is 2. The van der Waals surface area contributed by atoms with Crippen LogP contribution in [0.4, 0.5) is 5.69 Å². The molecule has 0 saturated carbocycles. The molecule has 0 unspecified atom stereocenters. The van der Waals surface area contributed by atoms with Gasteiger partial charge < -0.3 is 9.47 Å². The number of amides is 2. The Labute approximate surface area is 144 Å².